The standard InChI is InChI=1S/C28H40N2O/c1-7-24(9-8-16-30(5)19-23-12-13-23)29-28(26-15-10-20(2)17-22(26)4)27-18-25(31-6)14-11-21(27)3/h10-11,14-15,17-18,23-24H,7-9,12-13,16,19H2,1-6H3. The first kappa shape index (κ1) is 23.5. The van der Waals surface area contributed by atoms with Gasteiger partial charge in [-0.1, -0.05) is 36.8 Å². The van der Waals surface area contributed by atoms with Crippen molar-refractivity contribution >= 4 is 5.71 Å². The van der Waals surface area contributed by atoms with Gasteiger partial charge in [0.2, 0.25) is 0 Å². The Morgan fingerprint density at radius 1 is 1.06 bits per heavy atom. The summed E-state index contributed by atoms with van der Waals surface area (Å²) in [7, 11) is 4.00. The fraction of sp³-hybridized carbons (Fsp3) is 0.536. The maximum Gasteiger partial charge on any atom is 0.119 e. The van der Waals surface area contributed by atoms with Crippen LogP contribution in [0.25, 0.3) is 0 Å². The number of rotatable bonds is 11. The number of benzene rings is 2. The van der Waals surface area contributed by atoms with E-state index in [9.17, 15) is 0 Å². The average molecular weight is 421 g/mol. The van der Waals surface area contributed by atoms with Crippen LogP contribution in [0, 0.1) is 26.7 Å². The van der Waals surface area contributed by atoms with Gasteiger partial charge in [-0.05, 0) is 95.6 Å². The number of methoxy groups -OCH3 is 1. The molecule has 1 aliphatic rings. The predicted molar refractivity (Wildman–Crippen MR) is 133 cm³/mol. The highest BCUT2D eigenvalue weighted by Crippen LogP contribution is 2.29. The van der Waals surface area contributed by atoms with E-state index in [0.29, 0.717) is 6.04 Å². The number of hydrogen-bond donors (Lipinski definition) is 0. The van der Waals surface area contributed by atoms with Crippen LogP contribution in [0.1, 0.15) is 66.8 Å². The smallest absolute Gasteiger partial charge is 0.119 e. The molecule has 0 aliphatic heterocycles. The average Bonchev–Trinajstić information content (AvgIpc) is 3.55. The van der Waals surface area contributed by atoms with Crippen molar-refractivity contribution < 1.29 is 4.74 Å². The highest BCUT2D eigenvalue weighted by atomic mass is 16.5. The lowest BCUT2D eigenvalue weighted by atomic mass is 9.93. The second-order valence-corrected chi connectivity index (χ2v) is 9.39. The van der Waals surface area contributed by atoms with Crippen LogP contribution in [0.2, 0.25) is 0 Å². The van der Waals surface area contributed by atoms with Crippen LogP contribution in [0.3, 0.4) is 0 Å². The van der Waals surface area contributed by atoms with Gasteiger partial charge in [-0.3, -0.25) is 4.99 Å². The van der Waals surface area contributed by atoms with E-state index in [1.807, 2.05) is 6.07 Å². The van der Waals surface area contributed by atoms with E-state index in [1.54, 1.807) is 7.11 Å². The molecular weight excluding hydrogens is 380 g/mol. The summed E-state index contributed by atoms with van der Waals surface area (Å²) in [5, 5.41) is 0. The second-order valence-electron chi connectivity index (χ2n) is 9.39. The topological polar surface area (TPSA) is 24.8 Å². The molecule has 2 aromatic rings. The Bertz CT molecular complexity index is 898. The largest absolute Gasteiger partial charge is 0.497 e. The summed E-state index contributed by atoms with van der Waals surface area (Å²) in [6.45, 7) is 11.2. The van der Waals surface area contributed by atoms with Gasteiger partial charge in [-0.2, -0.15) is 0 Å². The van der Waals surface area contributed by atoms with Crippen LogP contribution < -0.4 is 4.74 Å². The van der Waals surface area contributed by atoms with Crippen molar-refractivity contribution in [2.24, 2.45) is 10.9 Å². The van der Waals surface area contributed by atoms with Gasteiger partial charge in [0.1, 0.15) is 5.75 Å². The summed E-state index contributed by atoms with van der Waals surface area (Å²) in [5.41, 5.74) is 7.31. The van der Waals surface area contributed by atoms with Crippen LogP contribution >= 0.6 is 0 Å². The second kappa shape index (κ2) is 10.9. The number of ether oxygens (including phenoxy) is 1. The van der Waals surface area contributed by atoms with Crippen LogP contribution in [-0.4, -0.2) is 43.9 Å². The van der Waals surface area contributed by atoms with Crippen molar-refractivity contribution in [3.8, 4) is 5.75 Å². The van der Waals surface area contributed by atoms with E-state index in [-0.39, 0.29) is 0 Å². The van der Waals surface area contributed by atoms with Crippen LogP contribution in [-0.2, 0) is 0 Å². The van der Waals surface area contributed by atoms with Crippen molar-refractivity contribution in [2.45, 2.75) is 65.8 Å². The first-order valence-electron chi connectivity index (χ1n) is 11.9. The minimum absolute atomic E-state index is 0.329. The summed E-state index contributed by atoms with van der Waals surface area (Å²) in [4.78, 5) is 7.88. The quantitative estimate of drug-likeness (QED) is 0.395. The van der Waals surface area contributed by atoms with E-state index in [1.165, 1.54) is 60.2 Å². The van der Waals surface area contributed by atoms with E-state index < -0.39 is 0 Å². The van der Waals surface area contributed by atoms with Gasteiger partial charge in [-0.25, -0.2) is 0 Å². The maximum atomic E-state index is 5.54. The van der Waals surface area contributed by atoms with Gasteiger partial charge < -0.3 is 9.64 Å². The molecule has 3 nitrogen and oxygen atoms in total. The monoisotopic (exact) mass is 420 g/mol. The van der Waals surface area contributed by atoms with Crippen molar-refractivity contribution in [1.29, 1.82) is 0 Å². The summed E-state index contributed by atoms with van der Waals surface area (Å²) >= 11 is 0. The molecule has 0 N–H and O–H groups in total. The molecule has 0 spiro atoms. The highest BCUT2D eigenvalue weighted by molar-refractivity contribution is 6.14. The fourth-order valence-corrected chi connectivity index (χ4v) is 4.32. The summed E-state index contributed by atoms with van der Waals surface area (Å²) in [6, 6.07) is 13.3. The van der Waals surface area contributed by atoms with Gasteiger partial charge in [0, 0.05) is 17.7 Å². The minimum Gasteiger partial charge on any atom is -0.497 e. The summed E-state index contributed by atoms with van der Waals surface area (Å²) in [6.07, 6.45) is 6.23. The van der Waals surface area contributed by atoms with Crippen LogP contribution in [0.5, 0.6) is 5.75 Å². The van der Waals surface area contributed by atoms with Gasteiger partial charge in [0.15, 0.2) is 0 Å². The first-order valence-corrected chi connectivity index (χ1v) is 11.9. The Labute approximate surface area is 189 Å². The molecule has 1 fully saturated rings. The van der Waals surface area contributed by atoms with E-state index in [4.69, 9.17) is 9.73 Å². The maximum absolute atomic E-state index is 5.54. The third-order valence-corrected chi connectivity index (χ3v) is 6.46. The van der Waals surface area contributed by atoms with Gasteiger partial charge in [0.25, 0.3) is 0 Å². The van der Waals surface area contributed by atoms with E-state index in [0.717, 1.165) is 30.2 Å². The summed E-state index contributed by atoms with van der Waals surface area (Å²) < 4.78 is 5.54. The van der Waals surface area contributed by atoms with Crippen molar-refractivity contribution in [3.63, 3.8) is 0 Å². The van der Waals surface area contributed by atoms with Crippen molar-refractivity contribution in [2.75, 3.05) is 27.2 Å². The SMILES string of the molecule is CCC(CCCN(C)CC1CC1)N=C(c1ccc(C)cc1C)c1cc(OC)ccc1C. The molecule has 0 aromatic heterocycles. The van der Waals surface area contributed by atoms with Crippen molar-refractivity contribution in [1.82, 2.24) is 4.90 Å². The summed E-state index contributed by atoms with van der Waals surface area (Å²) in [5.74, 6) is 1.84. The third kappa shape index (κ3) is 6.67. The molecule has 31 heavy (non-hydrogen) atoms. The highest BCUT2D eigenvalue weighted by Gasteiger charge is 2.22. The molecule has 168 valence electrons. The number of nitrogens with zero attached hydrogens (tertiary/aromatic N) is 2. The Balaban J connectivity index is 1.87. The molecule has 3 rings (SSSR count). The zero-order chi connectivity index (χ0) is 22.4. The Morgan fingerprint density at radius 2 is 1.84 bits per heavy atom. The molecule has 1 aliphatic carbocycles. The molecule has 0 radical (unpaired) electrons. The zero-order valence-electron chi connectivity index (χ0n) is 20.4. The van der Waals surface area contributed by atoms with Crippen LogP contribution in [0.15, 0.2) is 41.4 Å². The lowest BCUT2D eigenvalue weighted by Crippen LogP contribution is -2.23. The molecule has 2 aromatic carbocycles. The van der Waals surface area contributed by atoms with Gasteiger partial charge in [-0.15, -0.1) is 0 Å². The zero-order valence-corrected chi connectivity index (χ0v) is 20.4. The van der Waals surface area contributed by atoms with Gasteiger partial charge >= 0.3 is 0 Å². The van der Waals surface area contributed by atoms with E-state index in [2.05, 4.69) is 70.0 Å². The molecule has 0 amide bonds. The minimum atomic E-state index is 0.329. The normalized spacial score (nSPS) is 15.4. The van der Waals surface area contributed by atoms with E-state index >= 15 is 0 Å². The molecule has 0 saturated heterocycles. The third-order valence-electron chi connectivity index (χ3n) is 6.46. The van der Waals surface area contributed by atoms with Crippen molar-refractivity contribution in [3.05, 3.63) is 64.2 Å². The Hall–Kier alpha value is -2.13. The molecule has 0 bridgehead atoms. The lowest BCUT2D eigenvalue weighted by Gasteiger charge is -2.20. The number of hydrogen-bond acceptors (Lipinski definition) is 3. The number of aryl methyl sites for hydroxylation is 3. The molecule has 1 unspecified atom stereocenters. The van der Waals surface area contributed by atoms with Crippen LogP contribution in [0.4, 0.5) is 0 Å². The first-order chi connectivity index (χ1) is 14.9. The van der Waals surface area contributed by atoms with Gasteiger partial charge in [0.05, 0.1) is 18.9 Å². The molecular formula is C28H40N2O. The lowest BCUT2D eigenvalue weighted by molar-refractivity contribution is 0.308. The Morgan fingerprint density at radius 3 is 2.48 bits per heavy atom. The molecule has 1 saturated carbocycles. The number of aliphatic imine (C=N–C) groups is 1. The predicted octanol–water partition coefficient (Wildman–Crippen LogP) is 6.36. The molecule has 0 heterocycles. The Kier molecular flexibility index (Phi) is 8.31. The molecule has 3 heteroatoms. The molecule has 1 atom stereocenters. The fourth-order valence-electron chi connectivity index (χ4n) is 4.32.